The third-order valence-corrected chi connectivity index (χ3v) is 13.2. The minimum atomic E-state index is 0.779. The highest BCUT2D eigenvalue weighted by atomic mass is 32.1. The SMILES string of the molecule is C=C/C=C\c1o/c(=C(/C=C\C)c2cc(-n3c4ccccc4c4cc(-c5ccc6c(c5)c5ccccc5n6-c5ccccc5)ccc43)cc3c2sc2ccccc23)c(=C)c1C. The van der Waals surface area contributed by atoms with Gasteiger partial charge in [-0.25, -0.2) is 0 Å². The second-order valence-corrected chi connectivity index (χ2v) is 16.4. The van der Waals surface area contributed by atoms with E-state index >= 15 is 0 Å². The largest absolute Gasteiger partial charge is 0.456 e. The normalized spacial score (nSPS) is 12.8. The van der Waals surface area contributed by atoms with Gasteiger partial charge in [-0.1, -0.05) is 122 Å². The summed E-state index contributed by atoms with van der Waals surface area (Å²) in [5, 5.41) is 8.27. The van der Waals surface area contributed by atoms with Crippen LogP contribution in [0.3, 0.4) is 0 Å². The molecule has 4 heteroatoms. The molecule has 0 amide bonds. The Balaban J connectivity index is 1.15. The number of allylic oxidation sites excluding steroid dienone is 4. The summed E-state index contributed by atoms with van der Waals surface area (Å²) < 4.78 is 13.9. The maximum absolute atomic E-state index is 6.65. The van der Waals surface area contributed by atoms with Crippen molar-refractivity contribution in [2.75, 3.05) is 0 Å². The first kappa shape index (κ1) is 35.7. The molecule has 0 radical (unpaired) electrons. The molecule has 4 aromatic heterocycles. The van der Waals surface area contributed by atoms with Gasteiger partial charge in [0.05, 0.1) is 22.1 Å². The molecule has 11 rings (SSSR count). The van der Waals surface area contributed by atoms with Crippen LogP contribution in [0.2, 0.25) is 0 Å². The smallest absolute Gasteiger partial charge is 0.142 e. The van der Waals surface area contributed by atoms with Crippen LogP contribution in [0.4, 0.5) is 0 Å². The highest BCUT2D eigenvalue weighted by Crippen LogP contribution is 2.43. The Morgan fingerprint density at radius 1 is 0.600 bits per heavy atom. The molecule has 0 aliphatic rings. The number of furan rings is 1. The number of para-hydroxylation sites is 3. The fourth-order valence-corrected chi connectivity index (χ4v) is 10.3. The summed E-state index contributed by atoms with van der Waals surface area (Å²) in [6.45, 7) is 12.5. The minimum absolute atomic E-state index is 0.779. The lowest BCUT2D eigenvalue weighted by Crippen LogP contribution is -2.23. The van der Waals surface area contributed by atoms with Gasteiger partial charge in [-0.05, 0) is 97.8 Å². The first-order chi connectivity index (χ1) is 29.5. The molecule has 0 spiro atoms. The maximum atomic E-state index is 6.65. The van der Waals surface area contributed by atoms with Crippen molar-refractivity contribution in [3.05, 3.63) is 210 Å². The average molecular weight is 789 g/mol. The van der Waals surface area contributed by atoms with Crippen molar-refractivity contribution >= 4 is 93.3 Å². The van der Waals surface area contributed by atoms with Crippen LogP contribution >= 0.6 is 11.3 Å². The molecule has 0 aliphatic heterocycles. The quantitative estimate of drug-likeness (QED) is 0.148. The van der Waals surface area contributed by atoms with E-state index in [1.54, 1.807) is 6.08 Å². The van der Waals surface area contributed by atoms with E-state index in [-0.39, 0.29) is 0 Å². The van der Waals surface area contributed by atoms with Crippen molar-refractivity contribution in [3.63, 3.8) is 0 Å². The topological polar surface area (TPSA) is 23.0 Å². The van der Waals surface area contributed by atoms with Gasteiger partial charge in [-0.15, -0.1) is 11.3 Å². The predicted octanol–water partition coefficient (Wildman–Crippen LogP) is 14.2. The molecule has 4 heterocycles. The second kappa shape index (κ2) is 14.2. The lowest BCUT2D eigenvalue weighted by molar-refractivity contribution is 0.519. The van der Waals surface area contributed by atoms with E-state index in [1.807, 2.05) is 23.5 Å². The standard InChI is InChI=1S/C56H40N2OS/c1-5-7-25-53-35(3)36(4)55(59-53)44(17-6-2)48-34-40(33-47-43-22-13-16-26-54(43)60-56(47)48)58-50-24-15-12-21-42(50)46-32-38(28-30-52(46)58)37-27-29-51-45(31-37)41-20-11-14-23-49(41)57(51)39-18-9-8-10-19-39/h5-34H,1,4H2,2-3H3/b17-6-,25-7-,55-44-. The van der Waals surface area contributed by atoms with Gasteiger partial charge in [0, 0.05) is 75.0 Å². The number of hydrogen-bond acceptors (Lipinski definition) is 2. The van der Waals surface area contributed by atoms with Crippen molar-refractivity contribution in [2.24, 2.45) is 0 Å². The molecule has 286 valence electrons. The van der Waals surface area contributed by atoms with Gasteiger partial charge in [0.2, 0.25) is 0 Å². The Labute approximate surface area is 351 Å². The van der Waals surface area contributed by atoms with Crippen LogP contribution in [-0.2, 0) is 0 Å². The third-order valence-electron chi connectivity index (χ3n) is 12.0. The highest BCUT2D eigenvalue weighted by molar-refractivity contribution is 7.26. The van der Waals surface area contributed by atoms with Crippen LogP contribution in [0.25, 0.3) is 105 Å². The van der Waals surface area contributed by atoms with Crippen LogP contribution < -0.4 is 10.6 Å². The number of benzene rings is 7. The van der Waals surface area contributed by atoms with E-state index < -0.39 is 0 Å². The predicted molar refractivity (Wildman–Crippen MR) is 258 cm³/mol. The molecule has 3 nitrogen and oxygen atoms in total. The van der Waals surface area contributed by atoms with Crippen LogP contribution in [-0.4, -0.2) is 9.13 Å². The summed E-state index contributed by atoms with van der Waals surface area (Å²) in [7, 11) is 0. The summed E-state index contributed by atoms with van der Waals surface area (Å²) in [4.78, 5) is 0. The van der Waals surface area contributed by atoms with Crippen molar-refractivity contribution in [1.82, 2.24) is 9.13 Å². The monoisotopic (exact) mass is 788 g/mol. The van der Waals surface area contributed by atoms with Crippen LogP contribution in [0.1, 0.15) is 23.8 Å². The molecular weight excluding hydrogens is 749 g/mol. The van der Waals surface area contributed by atoms with Gasteiger partial charge >= 0.3 is 0 Å². The minimum Gasteiger partial charge on any atom is -0.456 e. The summed E-state index contributed by atoms with van der Waals surface area (Å²) in [5.74, 6) is 0.792. The van der Waals surface area contributed by atoms with Crippen molar-refractivity contribution in [1.29, 1.82) is 0 Å². The van der Waals surface area contributed by atoms with Crippen molar-refractivity contribution in [3.8, 4) is 22.5 Å². The number of rotatable bonds is 7. The maximum Gasteiger partial charge on any atom is 0.142 e. The van der Waals surface area contributed by atoms with Gasteiger partial charge in [0.25, 0.3) is 0 Å². The molecule has 0 N–H and O–H groups in total. The van der Waals surface area contributed by atoms with E-state index in [1.165, 1.54) is 63.9 Å². The second-order valence-electron chi connectivity index (χ2n) is 15.4. The van der Waals surface area contributed by atoms with Crippen molar-refractivity contribution < 1.29 is 4.42 Å². The van der Waals surface area contributed by atoms with Crippen molar-refractivity contribution in [2.45, 2.75) is 13.8 Å². The summed E-state index contributed by atoms with van der Waals surface area (Å²) in [6, 6.07) is 55.5. The van der Waals surface area contributed by atoms with Gasteiger partial charge in [0.1, 0.15) is 11.2 Å². The fourth-order valence-electron chi connectivity index (χ4n) is 9.13. The van der Waals surface area contributed by atoms with E-state index in [2.05, 4.69) is 200 Å². The zero-order chi connectivity index (χ0) is 40.5. The molecule has 0 bridgehead atoms. The fraction of sp³-hybridized carbons (Fsp3) is 0.0357. The number of thiophene rings is 1. The van der Waals surface area contributed by atoms with E-state index in [4.69, 9.17) is 4.42 Å². The Bertz CT molecular complexity index is 3720. The molecule has 0 atom stereocenters. The number of nitrogens with zero attached hydrogens (tertiary/aromatic N) is 2. The van der Waals surface area contributed by atoms with E-state index in [0.717, 1.165) is 55.5 Å². The molecule has 60 heavy (non-hydrogen) atoms. The summed E-state index contributed by atoms with van der Waals surface area (Å²) in [6.07, 6.45) is 9.90. The molecule has 0 saturated carbocycles. The van der Waals surface area contributed by atoms with Gasteiger partial charge < -0.3 is 13.6 Å². The zero-order valence-electron chi connectivity index (χ0n) is 33.4. The summed E-state index contributed by atoms with van der Waals surface area (Å²) >= 11 is 1.83. The van der Waals surface area contributed by atoms with Gasteiger partial charge in [0.15, 0.2) is 0 Å². The average Bonchev–Trinajstić information content (AvgIpc) is 4.02. The van der Waals surface area contributed by atoms with Gasteiger partial charge in [-0.2, -0.15) is 0 Å². The number of fused-ring (bicyclic) bond motifs is 9. The van der Waals surface area contributed by atoms with E-state index in [0.29, 0.717) is 0 Å². The zero-order valence-corrected chi connectivity index (χ0v) is 34.3. The number of aromatic nitrogens is 2. The molecular formula is C56H40N2OS. The Morgan fingerprint density at radius 3 is 1.83 bits per heavy atom. The third kappa shape index (κ3) is 5.49. The molecule has 0 aliphatic carbocycles. The lowest BCUT2D eigenvalue weighted by Gasteiger charge is -2.13. The molecule has 0 fully saturated rings. The molecule has 7 aromatic carbocycles. The first-order valence-electron chi connectivity index (χ1n) is 20.3. The molecule has 11 aromatic rings. The molecule has 0 unspecified atom stereocenters. The first-order valence-corrected chi connectivity index (χ1v) is 21.2. The Morgan fingerprint density at radius 2 is 1.18 bits per heavy atom. The molecule has 0 saturated heterocycles. The Hall–Kier alpha value is -7.40. The number of hydrogen-bond donors (Lipinski definition) is 0. The van der Waals surface area contributed by atoms with Crippen LogP contribution in [0, 0.1) is 6.92 Å². The summed E-state index contributed by atoms with van der Waals surface area (Å²) in [5.41, 5.74) is 13.3. The van der Waals surface area contributed by atoms with Crippen LogP contribution in [0.15, 0.2) is 187 Å². The van der Waals surface area contributed by atoms with Crippen LogP contribution in [0.5, 0.6) is 0 Å². The highest BCUT2D eigenvalue weighted by Gasteiger charge is 2.20. The Kier molecular flexibility index (Phi) is 8.43. The van der Waals surface area contributed by atoms with E-state index in [9.17, 15) is 0 Å². The van der Waals surface area contributed by atoms with Gasteiger partial charge in [-0.3, -0.25) is 0 Å². The lowest BCUT2D eigenvalue weighted by atomic mass is 10.00.